The summed E-state index contributed by atoms with van der Waals surface area (Å²) in [5.41, 5.74) is 0.927. The Morgan fingerprint density at radius 3 is 2.79 bits per heavy atom. The fourth-order valence-corrected chi connectivity index (χ4v) is 1.78. The molecule has 104 valence electrons. The predicted molar refractivity (Wildman–Crippen MR) is 75.2 cm³/mol. The molecule has 0 aliphatic heterocycles. The maximum Gasteiger partial charge on any atom is 0.220 e. The third-order valence-corrected chi connectivity index (χ3v) is 2.83. The number of carbonyl (C=O) groups excluding carboxylic acids is 1. The third kappa shape index (κ3) is 4.75. The van der Waals surface area contributed by atoms with Crippen LogP contribution in [0, 0.1) is 0 Å². The van der Waals surface area contributed by atoms with Crippen LogP contribution in [0.3, 0.4) is 0 Å². The molecule has 1 aromatic rings. The number of nitrogens with one attached hydrogen (secondary N) is 1. The quantitative estimate of drug-likeness (QED) is 0.733. The zero-order chi connectivity index (χ0) is 14.1. The summed E-state index contributed by atoms with van der Waals surface area (Å²) in [6.45, 7) is 4.02. The summed E-state index contributed by atoms with van der Waals surface area (Å²) in [6.07, 6.45) is 2.64. The zero-order valence-electron chi connectivity index (χ0n) is 11.5. The van der Waals surface area contributed by atoms with Gasteiger partial charge in [0.1, 0.15) is 11.9 Å². The van der Waals surface area contributed by atoms with Gasteiger partial charge in [-0.15, -0.1) is 6.58 Å². The molecular formula is C15H21NO3. The highest BCUT2D eigenvalue weighted by molar-refractivity contribution is 5.76. The van der Waals surface area contributed by atoms with E-state index in [1.54, 1.807) is 20.3 Å². The molecule has 0 bridgehead atoms. The number of hydrogen-bond acceptors (Lipinski definition) is 3. The Morgan fingerprint density at radius 2 is 2.16 bits per heavy atom. The van der Waals surface area contributed by atoms with E-state index < -0.39 is 0 Å². The largest absolute Gasteiger partial charge is 0.496 e. The molecule has 1 rings (SSSR count). The Morgan fingerprint density at radius 1 is 1.42 bits per heavy atom. The minimum atomic E-state index is -0.219. The summed E-state index contributed by atoms with van der Waals surface area (Å²) in [6, 6.07) is 7.63. The maximum absolute atomic E-state index is 11.6. The normalized spacial score (nSPS) is 11.7. The lowest BCUT2D eigenvalue weighted by Gasteiger charge is -2.19. The average Bonchev–Trinajstić information content (AvgIpc) is 2.46. The van der Waals surface area contributed by atoms with Crippen LogP contribution in [0.5, 0.6) is 5.75 Å². The van der Waals surface area contributed by atoms with E-state index in [1.165, 1.54) is 0 Å². The van der Waals surface area contributed by atoms with Gasteiger partial charge in [0.05, 0.1) is 7.11 Å². The lowest BCUT2D eigenvalue weighted by atomic mass is 10.1. The second-order valence-corrected chi connectivity index (χ2v) is 4.10. The number of amides is 1. The Hall–Kier alpha value is -1.81. The molecular weight excluding hydrogens is 242 g/mol. The molecule has 0 fully saturated rings. The van der Waals surface area contributed by atoms with Gasteiger partial charge in [-0.05, 0) is 12.5 Å². The molecule has 1 atom stereocenters. The Kier molecular flexibility index (Phi) is 6.68. The first-order chi connectivity index (χ1) is 9.22. The number of allylic oxidation sites excluding steroid dienone is 1. The van der Waals surface area contributed by atoms with Crippen molar-refractivity contribution in [1.29, 1.82) is 0 Å². The summed E-state index contributed by atoms with van der Waals surface area (Å²) in [5, 5.41) is 2.85. The zero-order valence-corrected chi connectivity index (χ0v) is 11.5. The van der Waals surface area contributed by atoms with E-state index in [9.17, 15) is 4.79 Å². The minimum absolute atomic E-state index is 0.00292. The van der Waals surface area contributed by atoms with Gasteiger partial charge in [-0.25, -0.2) is 0 Å². The average molecular weight is 263 g/mol. The van der Waals surface area contributed by atoms with Crippen LogP contribution in [0.2, 0.25) is 0 Å². The second-order valence-electron chi connectivity index (χ2n) is 4.10. The molecule has 19 heavy (non-hydrogen) atoms. The number of methoxy groups -OCH3 is 2. The lowest BCUT2D eigenvalue weighted by molar-refractivity contribution is -0.121. The molecule has 0 aliphatic carbocycles. The standard InChI is InChI=1S/C15H21NO3/c1-4-5-10-15(17)16-11-14(19-3)12-8-6-7-9-13(12)18-2/h4,6-9,14H,1,5,10-11H2,2-3H3,(H,16,17). The van der Waals surface area contributed by atoms with E-state index in [0.29, 0.717) is 19.4 Å². The van der Waals surface area contributed by atoms with Crippen LogP contribution in [0.4, 0.5) is 0 Å². The van der Waals surface area contributed by atoms with Gasteiger partial charge in [0, 0.05) is 25.6 Å². The van der Waals surface area contributed by atoms with Crippen molar-refractivity contribution in [3.05, 3.63) is 42.5 Å². The minimum Gasteiger partial charge on any atom is -0.496 e. The van der Waals surface area contributed by atoms with Crippen molar-refractivity contribution in [2.24, 2.45) is 0 Å². The van der Waals surface area contributed by atoms with Crippen molar-refractivity contribution in [2.75, 3.05) is 20.8 Å². The smallest absolute Gasteiger partial charge is 0.220 e. The number of benzene rings is 1. The summed E-state index contributed by atoms with van der Waals surface area (Å²) < 4.78 is 10.7. The van der Waals surface area contributed by atoms with Gasteiger partial charge >= 0.3 is 0 Å². The Labute approximate surface area is 114 Å². The van der Waals surface area contributed by atoms with Gasteiger partial charge in [0.25, 0.3) is 0 Å². The maximum atomic E-state index is 11.6. The first-order valence-electron chi connectivity index (χ1n) is 6.26. The van der Waals surface area contributed by atoms with E-state index in [4.69, 9.17) is 9.47 Å². The molecule has 0 aliphatic rings. The molecule has 0 aromatic heterocycles. The van der Waals surface area contributed by atoms with Gasteiger partial charge in [-0.2, -0.15) is 0 Å². The van der Waals surface area contributed by atoms with Crippen molar-refractivity contribution in [3.8, 4) is 5.75 Å². The predicted octanol–water partition coefficient (Wildman–Crippen LogP) is 2.47. The first-order valence-corrected chi connectivity index (χ1v) is 6.26. The van der Waals surface area contributed by atoms with E-state index in [-0.39, 0.29) is 12.0 Å². The van der Waals surface area contributed by atoms with Gasteiger partial charge in [0.2, 0.25) is 5.91 Å². The molecule has 4 heteroatoms. The number of hydrogen-bond donors (Lipinski definition) is 1. The number of ether oxygens (including phenoxy) is 2. The Balaban J connectivity index is 2.62. The summed E-state index contributed by atoms with van der Waals surface area (Å²) in [7, 11) is 3.24. The fraction of sp³-hybridized carbons (Fsp3) is 0.400. The molecule has 4 nitrogen and oxygen atoms in total. The number of carbonyl (C=O) groups is 1. The highest BCUT2D eigenvalue weighted by Gasteiger charge is 2.15. The molecule has 0 saturated carbocycles. The lowest BCUT2D eigenvalue weighted by Crippen LogP contribution is -2.29. The first kappa shape index (κ1) is 15.2. The molecule has 1 N–H and O–H groups in total. The van der Waals surface area contributed by atoms with Crippen molar-refractivity contribution >= 4 is 5.91 Å². The highest BCUT2D eigenvalue weighted by Crippen LogP contribution is 2.26. The van der Waals surface area contributed by atoms with Gasteiger partial charge in [0.15, 0.2) is 0 Å². The van der Waals surface area contributed by atoms with Crippen LogP contribution < -0.4 is 10.1 Å². The monoisotopic (exact) mass is 263 g/mol. The van der Waals surface area contributed by atoms with Gasteiger partial charge in [-0.3, -0.25) is 4.79 Å². The molecule has 1 unspecified atom stereocenters. The summed E-state index contributed by atoms with van der Waals surface area (Å²) in [4.78, 5) is 11.6. The highest BCUT2D eigenvalue weighted by atomic mass is 16.5. The Bertz CT molecular complexity index is 418. The van der Waals surface area contributed by atoms with Crippen molar-refractivity contribution < 1.29 is 14.3 Å². The second kappa shape index (κ2) is 8.32. The van der Waals surface area contributed by atoms with Crippen molar-refractivity contribution in [3.63, 3.8) is 0 Å². The SMILES string of the molecule is C=CCCC(=O)NCC(OC)c1ccccc1OC. The van der Waals surface area contributed by atoms with E-state index in [0.717, 1.165) is 11.3 Å². The number of rotatable bonds is 8. The van der Waals surface area contributed by atoms with Crippen LogP contribution in [-0.4, -0.2) is 26.7 Å². The fourth-order valence-electron chi connectivity index (χ4n) is 1.78. The third-order valence-electron chi connectivity index (χ3n) is 2.83. The topological polar surface area (TPSA) is 47.6 Å². The molecule has 0 heterocycles. The van der Waals surface area contributed by atoms with Gasteiger partial charge < -0.3 is 14.8 Å². The van der Waals surface area contributed by atoms with Crippen molar-refractivity contribution in [2.45, 2.75) is 18.9 Å². The van der Waals surface area contributed by atoms with E-state index >= 15 is 0 Å². The van der Waals surface area contributed by atoms with Crippen LogP contribution in [0.25, 0.3) is 0 Å². The summed E-state index contributed by atoms with van der Waals surface area (Å²) in [5.74, 6) is 0.756. The van der Waals surface area contributed by atoms with Crippen LogP contribution in [0.1, 0.15) is 24.5 Å². The van der Waals surface area contributed by atoms with Gasteiger partial charge in [-0.1, -0.05) is 24.3 Å². The molecule has 1 aromatic carbocycles. The van der Waals surface area contributed by atoms with E-state index in [2.05, 4.69) is 11.9 Å². The van der Waals surface area contributed by atoms with Crippen LogP contribution in [-0.2, 0) is 9.53 Å². The molecule has 0 spiro atoms. The van der Waals surface area contributed by atoms with Crippen LogP contribution in [0.15, 0.2) is 36.9 Å². The molecule has 0 radical (unpaired) electrons. The van der Waals surface area contributed by atoms with Crippen molar-refractivity contribution in [1.82, 2.24) is 5.32 Å². The summed E-state index contributed by atoms with van der Waals surface area (Å²) >= 11 is 0. The molecule has 1 amide bonds. The van der Waals surface area contributed by atoms with E-state index in [1.807, 2.05) is 24.3 Å². The molecule has 0 saturated heterocycles. The van der Waals surface area contributed by atoms with Crippen LogP contribution >= 0.6 is 0 Å². The number of para-hydroxylation sites is 1.